The number of amides is 3. The molecule has 4 atom stereocenters. The van der Waals surface area contributed by atoms with Crippen LogP contribution in [0.3, 0.4) is 0 Å². The van der Waals surface area contributed by atoms with Gasteiger partial charge in [0, 0.05) is 50.5 Å². The number of nitrogens with one attached hydrogen (secondary N) is 2. The summed E-state index contributed by atoms with van der Waals surface area (Å²) >= 11 is 2.12. The Morgan fingerprint density at radius 2 is 1.33 bits per heavy atom. The zero-order valence-corrected chi connectivity index (χ0v) is 24.3. The van der Waals surface area contributed by atoms with Gasteiger partial charge in [0.1, 0.15) is 12.3 Å². The summed E-state index contributed by atoms with van der Waals surface area (Å²) in [4.78, 5) is 53.1. The Morgan fingerprint density at radius 3 is 1.81 bits per heavy atom. The molecule has 36 heavy (non-hydrogen) atoms. The lowest BCUT2D eigenvalue weighted by Gasteiger charge is -2.27. The number of thioether (sulfide) groups is 2. The lowest BCUT2D eigenvalue weighted by Crippen LogP contribution is -2.51. The third-order valence-electron chi connectivity index (χ3n) is 5.64. The number of nitrogens with zero attached hydrogens (tertiary/aromatic N) is 2. The van der Waals surface area contributed by atoms with Crippen LogP contribution < -0.4 is 10.6 Å². The fourth-order valence-electron chi connectivity index (χ4n) is 3.30. The molecule has 0 saturated carbocycles. The molecular weight excluding hydrogens is 504 g/mol. The van der Waals surface area contributed by atoms with Gasteiger partial charge in [-0.2, -0.15) is 0 Å². The Balaban J connectivity index is 4.84. The van der Waals surface area contributed by atoms with Gasteiger partial charge in [0.15, 0.2) is 5.12 Å². The molecule has 4 N–H and O–H groups in total. The van der Waals surface area contributed by atoms with Gasteiger partial charge in [-0.05, 0) is 40.5 Å². The number of aliphatic hydroxyl groups is 2. The molecule has 0 radical (unpaired) electrons. The maximum Gasteiger partial charge on any atom is 0.245 e. The van der Waals surface area contributed by atoms with Gasteiger partial charge in [0.05, 0.1) is 11.5 Å². The topological polar surface area (TPSA) is 139 Å². The van der Waals surface area contributed by atoms with Crippen LogP contribution in [0.2, 0.25) is 0 Å². The van der Waals surface area contributed by atoms with Crippen molar-refractivity contribution >= 4 is 46.4 Å². The third kappa shape index (κ3) is 13.3. The maximum atomic E-state index is 12.8. The normalized spacial score (nSPS) is 14.4. The van der Waals surface area contributed by atoms with Crippen molar-refractivity contribution in [3.63, 3.8) is 0 Å². The van der Waals surface area contributed by atoms with Gasteiger partial charge in [0.2, 0.25) is 17.7 Å². The average Bonchev–Trinajstić information content (AvgIpc) is 2.88. The number of rotatable bonds is 19. The van der Waals surface area contributed by atoms with E-state index in [-0.39, 0.29) is 53.6 Å². The Hall–Kier alpha value is -1.34. The van der Waals surface area contributed by atoms with E-state index in [1.165, 1.54) is 0 Å². The third-order valence-corrected chi connectivity index (χ3v) is 7.82. The summed E-state index contributed by atoms with van der Waals surface area (Å²) < 4.78 is 0. The van der Waals surface area contributed by atoms with E-state index in [0.29, 0.717) is 32.6 Å². The lowest BCUT2D eigenvalue weighted by atomic mass is 10.2. The fourth-order valence-corrected chi connectivity index (χ4v) is 5.08. The molecule has 10 nitrogen and oxygen atoms in total. The number of carbonyl (C=O) groups excluding carboxylic acids is 4. The van der Waals surface area contributed by atoms with Crippen molar-refractivity contribution in [2.75, 3.05) is 37.7 Å². The second-order valence-electron chi connectivity index (χ2n) is 8.15. The van der Waals surface area contributed by atoms with Crippen LogP contribution in [0.5, 0.6) is 0 Å². The summed E-state index contributed by atoms with van der Waals surface area (Å²) in [5.41, 5.74) is -0.881. The van der Waals surface area contributed by atoms with Gasteiger partial charge in [0.25, 0.3) is 0 Å². The molecule has 2 unspecified atom stereocenters. The van der Waals surface area contributed by atoms with Gasteiger partial charge >= 0.3 is 0 Å². The second-order valence-corrected chi connectivity index (χ2v) is 10.4. The number of hydrogen-bond donors (Lipinski definition) is 4. The first kappa shape index (κ1) is 34.7. The molecule has 0 aliphatic carbocycles. The molecular formula is C24H46N4O6S2. The summed E-state index contributed by atoms with van der Waals surface area (Å²) in [6.07, 6.45) is 0.119. The van der Waals surface area contributed by atoms with Crippen molar-refractivity contribution < 1.29 is 29.4 Å². The zero-order chi connectivity index (χ0) is 27.7. The highest BCUT2D eigenvalue weighted by atomic mass is 32.2. The summed E-state index contributed by atoms with van der Waals surface area (Å²) in [6, 6.07) is -1.44. The van der Waals surface area contributed by atoms with Crippen molar-refractivity contribution in [2.24, 2.45) is 0 Å². The van der Waals surface area contributed by atoms with Crippen LogP contribution in [0.25, 0.3) is 0 Å². The van der Waals surface area contributed by atoms with E-state index in [0.717, 1.165) is 23.5 Å². The highest BCUT2D eigenvalue weighted by molar-refractivity contribution is 8.13. The van der Waals surface area contributed by atoms with Crippen LogP contribution in [0.1, 0.15) is 67.2 Å². The first-order valence-electron chi connectivity index (χ1n) is 12.8. The molecule has 0 aromatic rings. The van der Waals surface area contributed by atoms with Gasteiger partial charge < -0.3 is 25.3 Å². The smallest absolute Gasteiger partial charge is 0.245 e. The largest absolute Gasteiger partial charge is 0.382 e. The monoisotopic (exact) mass is 550 g/mol. The SMILES string of the molecule is CCC(=O)N[C@@H](CSC(O)CCC(=O)SC[C@H](NC(O)CC)C(=O)N(CC)CC)C(=O)N(CC)CC. The predicted molar refractivity (Wildman–Crippen MR) is 146 cm³/mol. The molecule has 0 aromatic carbocycles. The first-order chi connectivity index (χ1) is 17.1. The molecule has 210 valence electrons. The summed E-state index contributed by atoms with van der Waals surface area (Å²) in [5, 5.41) is 25.8. The zero-order valence-electron chi connectivity index (χ0n) is 22.6. The van der Waals surface area contributed by atoms with E-state index in [4.69, 9.17) is 0 Å². The van der Waals surface area contributed by atoms with Crippen LogP contribution in [0, 0.1) is 0 Å². The summed E-state index contributed by atoms with van der Waals surface area (Å²) in [7, 11) is 0. The standard InChI is InChI=1S/C24H46N4O6S2/c1-7-19(29)25-17(23(33)27(9-3)10-4)15-35-21(31)13-14-22(32)36-16-18(26-20(30)8-2)24(34)28(11-5)12-6/h17-19,22,25,29,32H,7-16H2,1-6H3,(H,26,30)/t17-,18-,19?,22?/m0/s1. The number of likely N-dealkylation sites (N-methyl/N-ethyl adjacent to an activating group) is 2. The highest BCUT2D eigenvalue weighted by Gasteiger charge is 2.27. The Kier molecular flexibility index (Phi) is 19.0. The second kappa shape index (κ2) is 19.7. The Labute approximate surface area is 224 Å². The average molecular weight is 551 g/mol. The minimum Gasteiger partial charge on any atom is -0.382 e. The van der Waals surface area contributed by atoms with Crippen molar-refractivity contribution in [1.82, 2.24) is 20.4 Å². The fraction of sp³-hybridized carbons (Fsp3) is 0.833. The molecule has 0 heterocycles. The minimum atomic E-state index is -0.881. The van der Waals surface area contributed by atoms with E-state index in [1.807, 2.05) is 27.7 Å². The van der Waals surface area contributed by atoms with Gasteiger partial charge in [-0.25, -0.2) is 0 Å². The van der Waals surface area contributed by atoms with Crippen LogP contribution in [-0.2, 0) is 19.2 Å². The van der Waals surface area contributed by atoms with Crippen LogP contribution in [0.4, 0.5) is 0 Å². The molecule has 0 fully saturated rings. The van der Waals surface area contributed by atoms with Crippen LogP contribution in [0.15, 0.2) is 0 Å². The molecule has 0 rings (SSSR count). The highest BCUT2D eigenvalue weighted by Crippen LogP contribution is 2.19. The Bertz CT molecular complexity index is 677. The van der Waals surface area contributed by atoms with Crippen LogP contribution >= 0.6 is 23.5 Å². The summed E-state index contributed by atoms with van der Waals surface area (Å²) in [6.45, 7) is 13.1. The van der Waals surface area contributed by atoms with Gasteiger partial charge in [-0.1, -0.05) is 25.6 Å². The summed E-state index contributed by atoms with van der Waals surface area (Å²) in [5.74, 6) is -0.223. The van der Waals surface area contributed by atoms with E-state index >= 15 is 0 Å². The van der Waals surface area contributed by atoms with E-state index in [2.05, 4.69) is 10.6 Å². The van der Waals surface area contributed by atoms with Crippen LogP contribution in [-0.4, -0.2) is 104 Å². The molecule has 0 spiro atoms. The molecule has 0 saturated heterocycles. The minimum absolute atomic E-state index is 0.0946. The van der Waals surface area contributed by atoms with Crippen molar-refractivity contribution in [3.8, 4) is 0 Å². The first-order valence-corrected chi connectivity index (χ1v) is 14.9. The van der Waals surface area contributed by atoms with Crippen molar-refractivity contribution in [3.05, 3.63) is 0 Å². The quantitative estimate of drug-likeness (QED) is 0.176. The lowest BCUT2D eigenvalue weighted by molar-refractivity contribution is -0.135. The van der Waals surface area contributed by atoms with Crippen molar-refractivity contribution in [2.45, 2.75) is 91.0 Å². The Morgan fingerprint density at radius 1 is 0.806 bits per heavy atom. The van der Waals surface area contributed by atoms with Crippen molar-refractivity contribution in [1.29, 1.82) is 0 Å². The predicted octanol–water partition coefficient (Wildman–Crippen LogP) is 1.40. The number of carbonyl (C=O) groups is 4. The molecule has 3 amide bonds. The molecule has 0 aliphatic rings. The number of aliphatic hydroxyl groups excluding tert-OH is 2. The molecule has 0 aromatic heterocycles. The maximum absolute atomic E-state index is 12.8. The molecule has 12 heteroatoms. The molecule has 0 aliphatic heterocycles. The van der Waals surface area contributed by atoms with Gasteiger partial charge in [-0.3, -0.25) is 24.5 Å². The van der Waals surface area contributed by atoms with Gasteiger partial charge in [-0.15, -0.1) is 11.8 Å². The van der Waals surface area contributed by atoms with E-state index < -0.39 is 23.7 Å². The number of hydrogen-bond acceptors (Lipinski definition) is 9. The molecule has 0 bridgehead atoms. The van der Waals surface area contributed by atoms with E-state index in [9.17, 15) is 29.4 Å². The van der Waals surface area contributed by atoms with E-state index in [1.54, 1.807) is 23.6 Å².